The highest BCUT2D eigenvalue weighted by atomic mass is 16.2. The lowest BCUT2D eigenvalue weighted by molar-refractivity contribution is -0.137. The summed E-state index contributed by atoms with van der Waals surface area (Å²) in [6.45, 7) is 0. The number of aromatic amines is 1. The number of rotatable bonds is 7. The van der Waals surface area contributed by atoms with Crippen LogP contribution in [0, 0.1) is 0 Å². The maximum Gasteiger partial charge on any atom is 0.287 e. The van der Waals surface area contributed by atoms with Gasteiger partial charge in [-0.1, -0.05) is 36.4 Å². The van der Waals surface area contributed by atoms with Crippen LogP contribution in [0.5, 0.6) is 0 Å². The zero-order valence-corrected chi connectivity index (χ0v) is 14.1. The summed E-state index contributed by atoms with van der Waals surface area (Å²) in [7, 11) is 0. The number of ketones is 1. The quantitative estimate of drug-likeness (QED) is 0.513. The topological polar surface area (TPSA) is 144 Å². The second-order valence-electron chi connectivity index (χ2n) is 5.68. The third-order valence-electron chi connectivity index (χ3n) is 3.82. The van der Waals surface area contributed by atoms with Crippen LogP contribution in [0.3, 0.4) is 0 Å². The monoisotopic (exact) mass is 364 g/mol. The van der Waals surface area contributed by atoms with E-state index in [-0.39, 0.29) is 17.8 Å². The van der Waals surface area contributed by atoms with Gasteiger partial charge in [-0.15, -0.1) is 0 Å². The molecule has 2 aromatic heterocycles. The second-order valence-corrected chi connectivity index (χ2v) is 5.68. The molecule has 0 bridgehead atoms. The van der Waals surface area contributed by atoms with Crippen LogP contribution in [0.1, 0.15) is 16.1 Å². The van der Waals surface area contributed by atoms with Crippen LogP contribution in [0.4, 0.5) is 0 Å². The molecule has 0 saturated carbocycles. The summed E-state index contributed by atoms with van der Waals surface area (Å²) in [4.78, 5) is 40.3. The van der Waals surface area contributed by atoms with E-state index in [9.17, 15) is 14.4 Å². The SMILES string of the molecule is NC(=O)C(=O)C(Cc1ccccc1)NC(=O)c1n[nH]nc1-c1ccccn1. The van der Waals surface area contributed by atoms with E-state index in [1.165, 1.54) is 0 Å². The van der Waals surface area contributed by atoms with Crippen molar-refractivity contribution >= 4 is 17.6 Å². The van der Waals surface area contributed by atoms with Crippen molar-refractivity contribution in [1.82, 2.24) is 25.7 Å². The Morgan fingerprint density at radius 3 is 2.44 bits per heavy atom. The van der Waals surface area contributed by atoms with Gasteiger partial charge in [0.15, 0.2) is 5.69 Å². The highest BCUT2D eigenvalue weighted by Crippen LogP contribution is 2.16. The number of hydrogen-bond donors (Lipinski definition) is 3. The highest BCUT2D eigenvalue weighted by molar-refractivity contribution is 6.38. The Labute approximate surface area is 154 Å². The Balaban J connectivity index is 1.84. The van der Waals surface area contributed by atoms with E-state index < -0.39 is 23.6 Å². The molecule has 1 atom stereocenters. The molecule has 9 nitrogen and oxygen atoms in total. The lowest BCUT2D eigenvalue weighted by atomic mass is 10.0. The number of H-pyrrole nitrogens is 1. The van der Waals surface area contributed by atoms with E-state index in [1.54, 1.807) is 48.7 Å². The van der Waals surface area contributed by atoms with Gasteiger partial charge >= 0.3 is 0 Å². The molecule has 2 heterocycles. The zero-order valence-electron chi connectivity index (χ0n) is 14.1. The molecule has 2 amide bonds. The molecule has 3 rings (SSSR count). The van der Waals surface area contributed by atoms with E-state index in [2.05, 4.69) is 25.7 Å². The summed E-state index contributed by atoms with van der Waals surface area (Å²) in [5.41, 5.74) is 6.53. The van der Waals surface area contributed by atoms with Crippen LogP contribution < -0.4 is 11.1 Å². The number of amides is 2. The summed E-state index contributed by atoms with van der Waals surface area (Å²) in [6, 6.07) is 13.0. The number of aromatic nitrogens is 4. The fourth-order valence-corrected chi connectivity index (χ4v) is 2.53. The number of nitrogens with two attached hydrogens (primary N) is 1. The van der Waals surface area contributed by atoms with Gasteiger partial charge in [-0.25, -0.2) is 0 Å². The van der Waals surface area contributed by atoms with Crippen molar-refractivity contribution in [2.45, 2.75) is 12.5 Å². The minimum Gasteiger partial charge on any atom is -0.363 e. The number of pyridine rings is 1. The van der Waals surface area contributed by atoms with Crippen LogP contribution in [0.15, 0.2) is 54.7 Å². The van der Waals surface area contributed by atoms with Gasteiger partial charge in [-0.3, -0.25) is 19.4 Å². The average Bonchev–Trinajstić information content (AvgIpc) is 3.18. The average molecular weight is 364 g/mol. The van der Waals surface area contributed by atoms with Crippen LogP contribution in [0.2, 0.25) is 0 Å². The molecule has 0 aliphatic rings. The molecule has 0 spiro atoms. The Morgan fingerprint density at radius 2 is 1.78 bits per heavy atom. The van der Waals surface area contributed by atoms with Crippen molar-refractivity contribution in [2.75, 3.05) is 0 Å². The molecule has 0 aliphatic heterocycles. The number of benzene rings is 1. The molecule has 3 aromatic rings. The van der Waals surface area contributed by atoms with Gasteiger partial charge in [-0.05, 0) is 17.7 Å². The Bertz CT molecular complexity index is 955. The molecule has 27 heavy (non-hydrogen) atoms. The minimum absolute atomic E-state index is 0.0379. The number of hydrogen-bond acceptors (Lipinski definition) is 6. The number of nitrogens with one attached hydrogen (secondary N) is 2. The van der Waals surface area contributed by atoms with Crippen LogP contribution >= 0.6 is 0 Å². The van der Waals surface area contributed by atoms with Gasteiger partial charge in [0.25, 0.3) is 11.8 Å². The minimum atomic E-state index is -1.12. The second kappa shape index (κ2) is 8.00. The third-order valence-corrected chi connectivity index (χ3v) is 3.82. The first-order valence-corrected chi connectivity index (χ1v) is 8.07. The van der Waals surface area contributed by atoms with E-state index in [0.717, 1.165) is 5.56 Å². The van der Waals surface area contributed by atoms with Gasteiger partial charge in [0.05, 0.1) is 5.69 Å². The van der Waals surface area contributed by atoms with E-state index in [0.29, 0.717) is 5.69 Å². The summed E-state index contributed by atoms with van der Waals surface area (Å²) in [6.07, 6.45) is 1.67. The number of Topliss-reactive ketones (excluding diaryl/α,β-unsaturated/α-hetero) is 1. The first-order chi connectivity index (χ1) is 13.1. The number of carbonyl (C=O) groups excluding carboxylic acids is 3. The van der Waals surface area contributed by atoms with Crippen molar-refractivity contribution < 1.29 is 14.4 Å². The third kappa shape index (κ3) is 4.21. The predicted octanol–water partition coefficient (Wildman–Crippen LogP) is 0.262. The maximum absolute atomic E-state index is 12.7. The molecule has 0 fully saturated rings. The zero-order chi connectivity index (χ0) is 19.2. The first-order valence-electron chi connectivity index (χ1n) is 8.07. The summed E-state index contributed by atoms with van der Waals surface area (Å²) >= 11 is 0. The molecule has 0 saturated heterocycles. The standard InChI is InChI=1S/C18H16N6O3/c19-17(26)16(25)13(10-11-6-2-1-3-7-11)21-18(27)15-14(22-24-23-15)12-8-4-5-9-20-12/h1-9,13H,10H2,(H2,19,26)(H,21,27)(H,22,23,24). The summed E-state index contributed by atoms with van der Waals surface area (Å²) in [5, 5.41) is 12.7. The molecule has 1 unspecified atom stereocenters. The summed E-state index contributed by atoms with van der Waals surface area (Å²) in [5.74, 6) is -2.68. The van der Waals surface area contributed by atoms with E-state index in [1.807, 2.05) is 6.07 Å². The van der Waals surface area contributed by atoms with Crippen molar-refractivity contribution in [3.05, 3.63) is 66.0 Å². The molecule has 9 heteroatoms. The smallest absolute Gasteiger partial charge is 0.287 e. The largest absolute Gasteiger partial charge is 0.363 e. The van der Waals surface area contributed by atoms with Crippen LogP contribution in [0.25, 0.3) is 11.4 Å². The lowest BCUT2D eigenvalue weighted by Gasteiger charge is -2.16. The van der Waals surface area contributed by atoms with Crippen molar-refractivity contribution in [2.24, 2.45) is 5.73 Å². The fourth-order valence-electron chi connectivity index (χ4n) is 2.53. The molecule has 4 N–H and O–H groups in total. The summed E-state index contributed by atoms with van der Waals surface area (Å²) < 4.78 is 0. The van der Waals surface area contributed by atoms with Gasteiger partial charge in [0.1, 0.15) is 11.7 Å². The Morgan fingerprint density at radius 1 is 1.04 bits per heavy atom. The predicted molar refractivity (Wildman–Crippen MR) is 95.2 cm³/mol. The molecule has 1 aromatic carbocycles. The van der Waals surface area contributed by atoms with Gasteiger partial charge in [0, 0.05) is 12.6 Å². The normalized spacial score (nSPS) is 11.6. The molecule has 0 radical (unpaired) electrons. The first kappa shape index (κ1) is 17.9. The van der Waals surface area contributed by atoms with Gasteiger partial charge in [0.2, 0.25) is 5.78 Å². The molecular formula is C18H16N6O3. The molecule has 0 aliphatic carbocycles. The number of nitrogens with zero attached hydrogens (tertiary/aromatic N) is 3. The Hall–Kier alpha value is -3.88. The van der Waals surface area contributed by atoms with E-state index in [4.69, 9.17) is 5.73 Å². The number of carbonyl (C=O) groups is 3. The highest BCUT2D eigenvalue weighted by Gasteiger charge is 2.28. The van der Waals surface area contributed by atoms with Gasteiger partial charge < -0.3 is 11.1 Å². The van der Waals surface area contributed by atoms with E-state index >= 15 is 0 Å². The van der Waals surface area contributed by atoms with Crippen LogP contribution in [-0.4, -0.2) is 44.0 Å². The lowest BCUT2D eigenvalue weighted by Crippen LogP contribution is -2.47. The maximum atomic E-state index is 12.7. The molecule has 136 valence electrons. The molecular weight excluding hydrogens is 348 g/mol. The fraction of sp³-hybridized carbons (Fsp3) is 0.111. The van der Waals surface area contributed by atoms with Crippen molar-refractivity contribution in [1.29, 1.82) is 0 Å². The number of primary amides is 1. The van der Waals surface area contributed by atoms with Gasteiger partial charge in [-0.2, -0.15) is 15.4 Å². The van der Waals surface area contributed by atoms with Crippen molar-refractivity contribution in [3.63, 3.8) is 0 Å². The van der Waals surface area contributed by atoms with Crippen LogP contribution in [-0.2, 0) is 16.0 Å². The van der Waals surface area contributed by atoms with Crippen molar-refractivity contribution in [3.8, 4) is 11.4 Å². The Kier molecular flexibility index (Phi) is 5.31.